The molecule has 3 N–H and O–H groups in total. The Morgan fingerprint density at radius 1 is 0.882 bits per heavy atom. The van der Waals surface area contributed by atoms with Crippen molar-refractivity contribution < 1.29 is 9.59 Å². The molecule has 0 spiro atoms. The van der Waals surface area contributed by atoms with Gasteiger partial charge in [-0.05, 0) is 61.0 Å². The summed E-state index contributed by atoms with van der Waals surface area (Å²) in [5.41, 5.74) is 1.99. The Morgan fingerprint density at radius 2 is 1.41 bits per heavy atom. The third-order valence-corrected chi connectivity index (χ3v) is 6.89. The molecule has 2 aromatic rings. The molecule has 2 unspecified atom stereocenters. The maximum atomic E-state index is 12.7. The van der Waals surface area contributed by atoms with Crippen LogP contribution in [0.4, 0.5) is 0 Å². The van der Waals surface area contributed by atoms with Crippen molar-refractivity contribution in [1.29, 1.82) is 5.41 Å². The van der Waals surface area contributed by atoms with Gasteiger partial charge in [0, 0.05) is 37.8 Å². The van der Waals surface area contributed by atoms with Gasteiger partial charge in [-0.2, -0.15) is 0 Å². The zero-order chi connectivity index (χ0) is 25.0. The van der Waals surface area contributed by atoms with Crippen molar-refractivity contribution in [2.24, 2.45) is 5.92 Å². The van der Waals surface area contributed by atoms with Crippen LogP contribution in [0.2, 0.25) is 10.0 Å². The summed E-state index contributed by atoms with van der Waals surface area (Å²) in [5.74, 6) is -1.60. The molecule has 0 fully saturated rings. The molecule has 2 atom stereocenters. The molecule has 34 heavy (non-hydrogen) atoms. The maximum Gasteiger partial charge on any atom is 0.276 e. The Hall–Kier alpha value is -2.57. The van der Waals surface area contributed by atoms with Crippen LogP contribution in [0.5, 0.6) is 0 Å². The average Bonchev–Trinajstić information content (AvgIpc) is 2.82. The summed E-state index contributed by atoms with van der Waals surface area (Å²) >= 11 is 24.7. The molecule has 0 aliphatic heterocycles. The first-order valence-corrected chi connectivity index (χ1v) is 11.8. The number of allylic oxidation sites excluding steroid dienone is 4. The predicted molar refractivity (Wildman–Crippen MR) is 140 cm³/mol. The molecule has 0 radical (unpaired) electrons. The van der Waals surface area contributed by atoms with Crippen LogP contribution in [0.25, 0.3) is 5.70 Å². The number of carbonyl (C=O) groups is 2. The van der Waals surface area contributed by atoms with Crippen LogP contribution in [-0.2, 0) is 4.79 Å². The van der Waals surface area contributed by atoms with Gasteiger partial charge in [-0.25, -0.2) is 0 Å². The average molecular weight is 537 g/mol. The molecule has 0 heterocycles. The number of benzene rings is 2. The molecular formula is C25H21Cl4N3O2. The van der Waals surface area contributed by atoms with E-state index in [1.54, 1.807) is 55.5 Å². The van der Waals surface area contributed by atoms with Crippen LogP contribution in [0.3, 0.4) is 0 Å². The monoisotopic (exact) mass is 535 g/mol. The summed E-state index contributed by atoms with van der Waals surface area (Å²) in [6, 6.07) is 13.0. The lowest BCUT2D eigenvalue weighted by molar-refractivity contribution is -0.113. The lowest BCUT2D eigenvalue weighted by atomic mass is 9.97. The van der Waals surface area contributed by atoms with E-state index in [-0.39, 0.29) is 17.2 Å². The van der Waals surface area contributed by atoms with E-state index < -0.39 is 17.2 Å². The van der Waals surface area contributed by atoms with E-state index >= 15 is 0 Å². The number of hydrogen-bond donors (Lipinski definition) is 3. The largest absolute Gasteiger partial charge is 0.357 e. The van der Waals surface area contributed by atoms with Gasteiger partial charge in [0.1, 0.15) is 5.71 Å². The second-order valence-electron chi connectivity index (χ2n) is 7.66. The van der Waals surface area contributed by atoms with Crippen molar-refractivity contribution in [2.75, 3.05) is 0 Å². The van der Waals surface area contributed by atoms with Crippen LogP contribution in [0.1, 0.15) is 29.8 Å². The Labute approximate surface area is 217 Å². The highest BCUT2D eigenvalue weighted by Gasteiger charge is 2.27. The second kappa shape index (κ2) is 11.2. The van der Waals surface area contributed by atoms with E-state index in [0.717, 1.165) is 0 Å². The number of nitrogens with one attached hydrogen (secondary N) is 3. The molecule has 0 saturated carbocycles. The molecule has 2 aromatic carbocycles. The molecule has 9 heteroatoms. The fourth-order valence-electron chi connectivity index (χ4n) is 3.21. The molecular weight excluding hydrogens is 516 g/mol. The SMILES string of the molecule is C/C(C(=N)C(=O)NC(=O)c1ccc(Cl)cc1)=C(/NC1=CC=C(Cl)C(C)C1Cl)c1ccc(Cl)cc1. The Bertz CT molecular complexity index is 1220. The summed E-state index contributed by atoms with van der Waals surface area (Å²) in [7, 11) is 0. The van der Waals surface area contributed by atoms with E-state index in [1.807, 2.05) is 6.92 Å². The maximum absolute atomic E-state index is 12.7. The molecule has 0 bridgehead atoms. The number of halogens is 4. The van der Waals surface area contributed by atoms with Crippen LogP contribution in [0, 0.1) is 11.3 Å². The zero-order valence-corrected chi connectivity index (χ0v) is 21.3. The lowest BCUT2D eigenvalue weighted by Crippen LogP contribution is -2.37. The van der Waals surface area contributed by atoms with Gasteiger partial charge in [-0.1, -0.05) is 53.9 Å². The number of amides is 2. The Kier molecular flexibility index (Phi) is 8.61. The highest BCUT2D eigenvalue weighted by molar-refractivity contribution is 6.47. The molecule has 1 aliphatic rings. The molecule has 2 amide bonds. The minimum Gasteiger partial charge on any atom is -0.357 e. The number of imide groups is 1. The van der Waals surface area contributed by atoms with Crippen molar-refractivity contribution in [2.45, 2.75) is 19.2 Å². The van der Waals surface area contributed by atoms with Crippen molar-refractivity contribution in [1.82, 2.24) is 10.6 Å². The third-order valence-electron chi connectivity index (χ3n) is 5.31. The summed E-state index contributed by atoms with van der Waals surface area (Å²) in [5, 5.41) is 15.2. The van der Waals surface area contributed by atoms with Gasteiger partial charge in [0.05, 0.1) is 11.1 Å². The minimum absolute atomic E-state index is 0.123. The van der Waals surface area contributed by atoms with Gasteiger partial charge in [0.25, 0.3) is 11.8 Å². The quantitative estimate of drug-likeness (QED) is 0.289. The first kappa shape index (κ1) is 26.0. The van der Waals surface area contributed by atoms with Crippen LogP contribution >= 0.6 is 46.4 Å². The smallest absolute Gasteiger partial charge is 0.276 e. The van der Waals surface area contributed by atoms with E-state index in [4.69, 9.17) is 51.8 Å². The Morgan fingerprint density at radius 3 is 1.97 bits per heavy atom. The summed E-state index contributed by atoms with van der Waals surface area (Å²) in [4.78, 5) is 25.2. The first-order chi connectivity index (χ1) is 16.1. The number of alkyl halides is 1. The lowest BCUT2D eigenvalue weighted by Gasteiger charge is -2.27. The highest BCUT2D eigenvalue weighted by atomic mass is 35.5. The van der Waals surface area contributed by atoms with Crippen LogP contribution < -0.4 is 10.6 Å². The summed E-state index contributed by atoms with van der Waals surface area (Å²) in [6.45, 7) is 3.52. The number of rotatable bonds is 6. The van der Waals surface area contributed by atoms with Crippen LogP contribution in [0.15, 0.2) is 77.0 Å². The van der Waals surface area contributed by atoms with E-state index in [9.17, 15) is 9.59 Å². The van der Waals surface area contributed by atoms with E-state index in [1.165, 1.54) is 12.1 Å². The topological polar surface area (TPSA) is 82.1 Å². The number of hydrogen-bond acceptors (Lipinski definition) is 4. The van der Waals surface area contributed by atoms with E-state index in [2.05, 4.69) is 10.6 Å². The Balaban J connectivity index is 1.92. The fourth-order valence-corrected chi connectivity index (χ4v) is 3.98. The normalized spacial score (nSPS) is 18.3. The van der Waals surface area contributed by atoms with Gasteiger partial charge in [-0.3, -0.25) is 20.3 Å². The standard InChI is InChI=1S/C25H21Cl4N3O2/c1-13-19(28)11-12-20(21(13)29)31-23(15-3-7-17(26)8-4-15)14(2)22(30)25(34)32-24(33)16-5-9-18(27)10-6-16/h3-13,21,30-31H,1-2H3,(H,32,33,34)/b23-14-,30-22?. The van der Waals surface area contributed by atoms with Gasteiger partial charge in [-0.15, -0.1) is 11.6 Å². The van der Waals surface area contributed by atoms with Crippen molar-refractivity contribution >= 4 is 69.6 Å². The van der Waals surface area contributed by atoms with Crippen LogP contribution in [-0.4, -0.2) is 22.9 Å². The number of carbonyl (C=O) groups excluding carboxylic acids is 2. The van der Waals surface area contributed by atoms with Crippen molar-refractivity contribution in [3.05, 3.63) is 98.2 Å². The zero-order valence-electron chi connectivity index (χ0n) is 18.3. The summed E-state index contributed by atoms with van der Waals surface area (Å²) in [6.07, 6.45) is 3.52. The molecule has 1 aliphatic carbocycles. The molecule has 0 saturated heterocycles. The van der Waals surface area contributed by atoms with Crippen molar-refractivity contribution in [3.63, 3.8) is 0 Å². The van der Waals surface area contributed by atoms with Gasteiger partial charge in [0.2, 0.25) is 0 Å². The second-order valence-corrected chi connectivity index (χ2v) is 9.44. The fraction of sp³-hybridized carbons (Fsp3) is 0.160. The highest BCUT2D eigenvalue weighted by Crippen LogP contribution is 2.32. The molecule has 3 rings (SSSR count). The van der Waals surface area contributed by atoms with Gasteiger partial charge < -0.3 is 5.32 Å². The van der Waals surface area contributed by atoms with E-state index in [0.29, 0.717) is 37.6 Å². The summed E-state index contributed by atoms with van der Waals surface area (Å²) < 4.78 is 0. The molecule has 5 nitrogen and oxygen atoms in total. The van der Waals surface area contributed by atoms with Crippen molar-refractivity contribution in [3.8, 4) is 0 Å². The minimum atomic E-state index is -0.845. The molecule has 176 valence electrons. The first-order valence-electron chi connectivity index (χ1n) is 10.2. The van der Waals surface area contributed by atoms with Gasteiger partial charge >= 0.3 is 0 Å². The predicted octanol–water partition coefficient (Wildman–Crippen LogP) is 6.55. The molecule has 0 aromatic heterocycles. The van der Waals surface area contributed by atoms with Gasteiger partial charge in [0.15, 0.2) is 0 Å². The third kappa shape index (κ3) is 6.10.